The van der Waals surface area contributed by atoms with Gasteiger partial charge in [-0.1, -0.05) is 13.3 Å². The number of rotatable bonds is 4. The molecule has 2 nitrogen and oxygen atoms in total. The quantitative estimate of drug-likeness (QED) is 0.784. The fourth-order valence-corrected chi connectivity index (χ4v) is 1.08. The molecule has 0 radical (unpaired) electrons. The number of unbranched alkanes of at least 4 members (excludes halogenated alkanes) is 1. The van der Waals surface area contributed by atoms with Crippen LogP contribution in [0.15, 0.2) is 18.3 Å². The number of pyridine rings is 1. The van der Waals surface area contributed by atoms with Gasteiger partial charge in [-0.3, -0.25) is 0 Å². The van der Waals surface area contributed by atoms with Crippen LogP contribution in [0.3, 0.4) is 0 Å². The van der Waals surface area contributed by atoms with Crippen LogP contribution in [0.1, 0.15) is 25.5 Å². The molecule has 0 saturated heterocycles. The van der Waals surface area contributed by atoms with Crippen molar-refractivity contribution in [1.29, 1.82) is 0 Å². The van der Waals surface area contributed by atoms with Crippen LogP contribution in [0.4, 0.5) is 18.9 Å². The highest BCUT2D eigenvalue weighted by Gasteiger charge is 2.31. The molecular weight excluding hydrogens is 205 g/mol. The number of nitrogens with one attached hydrogen (secondary N) is 1. The van der Waals surface area contributed by atoms with Crippen molar-refractivity contribution in [3.8, 4) is 0 Å². The Labute approximate surface area is 86.5 Å². The lowest BCUT2D eigenvalue weighted by atomic mass is 10.3. The molecule has 0 fully saturated rings. The van der Waals surface area contributed by atoms with E-state index in [0.29, 0.717) is 5.69 Å². The average molecular weight is 218 g/mol. The summed E-state index contributed by atoms with van der Waals surface area (Å²) in [5, 5.41) is 2.99. The van der Waals surface area contributed by atoms with E-state index in [1.165, 1.54) is 12.3 Å². The van der Waals surface area contributed by atoms with E-state index in [0.717, 1.165) is 25.5 Å². The van der Waals surface area contributed by atoms with Crippen LogP contribution in [0.2, 0.25) is 0 Å². The lowest BCUT2D eigenvalue weighted by Crippen LogP contribution is -2.08. The van der Waals surface area contributed by atoms with Crippen LogP contribution < -0.4 is 5.32 Å². The first kappa shape index (κ1) is 11.8. The summed E-state index contributed by atoms with van der Waals surface area (Å²) >= 11 is 0. The number of alkyl halides is 3. The van der Waals surface area contributed by atoms with Crippen molar-refractivity contribution in [3.63, 3.8) is 0 Å². The highest BCUT2D eigenvalue weighted by atomic mass is 19.4. The van der Waals surface area contributed by atoms with Gasteiger partial charge in [0, 0.05) is 6.54 Å². The summed E-state index contributed by atoms with van der Waals surface area (Å²) in [6, 6.07) is 2.37. The highest BCUT2D eigenvalue weighted by molar-refractivity contribution is 5.41. The van der Waals surface area contributed by atoms with Crippen LogP contribution in [-0.4, -0.2) is 11.5 Å². The molecule has 1 rings (SSSR count). The number of hydrogen-bond donors (Lipinski definition) is 1. The summed E-state index contributed by atoms with van der Waals surface area (Å²) < 4.78 is 36.4. The Kier molecular flexibility index (Phi) is 3.94. The molecule has 5 heteroatoms. The average Bonchev–Trinajstić information content (AvgIpc) is 2.18. The van der Waals surface area contributed by atoms with Gasteiger partial charge < -0.3 is 5.32 Å². The minimum atomic E-state index is -4.36. The van der Waals surface area contributed by atoms with Gasteiger partial charge in [-0.25, -0.2) is 4.98 Å². The van der Waals surface area contributed by atoms with E-state index in [2.05, 4.69) is 10.3 Å². The Morgan fingerprint density at radius 1 is 1.33 bits per heavy atom. The maximum absolute atomic E-state index is 12.1. The monoisotopic (exact) mass is 218 g/mol. The third kappa shape index (κ3) is 3.77. The summed E-state index contributed by atoms with van der Waals surface area (Å²) in [6.45, 7) is 2.80. The molecule has 0 amide bonds. The maximum Gasteiger partial charge on any atom is 0.433 e. The van der Waals surface area contributed by atoms with E-state index < -0.39 is 11.9 Å². The molecule has 1 N–H and O–H groups in total. The highest BCUT2D eigenvalue weighted by Crippen LogP contribution is 2.27. The van der Waals surface area contributed by atoms with Crippen LogP contribution in [0, 0.1) is 0 Å². The molecule has 1 heterocycles. The smallest absolute Gasteiger partial charge is 0.384 e. The molecule has 1 aromatic rings. The van der Waals surface area contributed by atoms with E-state index in [4.69, 9.17) is 0 Å². The minimum absolute atomic E-state index is 0.622. The van der Waals surface area contributed by atoms with Gasteiger partial charge in [-0.2, -0.15) is 13.2 Å². The molecule has 0 bridgehead atoms. The Balaban J connectivity index is 2.57. The van der Waals surface area contributed by atoms with E-state index in [1.54, 1.807) is 0 Å². The zero-order valence-electron chi connectivity index (χ0n) is 8.43. The van der Waals surface area contributed by atoms with Crippen molar-refractivity contribution in [3.05, 3.63) is 24.0 Å². The van der Waals surface area contributed by atoms with Gasteiger partial charge in [0.05, 0.1) is 11.9 Å². The summed E-state index contributed by atoms with van der Waals surface area (Å²) in [6.07, 6.45) is -1.12. The Hall–Kier alpha value is -1.26. The third-order valence-electron chi connectivity index (χ3n) is 1.91. The molecular formula is C10H13F3N2. The molecule has 0 saturated carbocycles. The maximum atomic E-state index is 12.1. The minimum Gasteiger partial charge on any atom is -0.384 e. The van der Waals surface area contributed by atoms with Crippen molar-refractivity contribution < 1.29 is 13.2 Å². The van der Waals surface area contributed by atoms with Crippen molar-refractivity contribution in [2.75, 3.05) is 11.9 Å². The standard InChI is InChI=1S/C10H13F3N2/c1-2-3-6-14-8-4-5-9(15-7-8)10(11,12)13/h4-5,7,14H,2-3,6H2,1H3. The summed E-state index contributed by atoms with van der Waals surface area (Å²) in [7, 11) is 0. The molecule has 15 heavy (non-hydrogen) atoms. The van der Waals surface area contributed by atoms with E-state index in [9.17, 15) is 13.2 Å². The van der Waals surface area contributed by atoms with Crippen molar-refractivity contribution in [2.45, 2.75) is 25.9 Å². The van der Waals surface area contributed by atoms with Crippen LogP contribution >= 0.6 is 0 Å². The lowest BCUT2D eigenvalue weighted by molar-refractivity contribution is -0.141. The van der Waals surface area contributed by atoms with Gasteiger partial charge in [-0.15, -0.1) is 0 Å². The predicted octanol–water partition coefficient (Wildman–Crippen LogP) is 3.31. The third-order valence-corrected chi connectivity index (χ3v) is 1.91. The van der Waals surface area contributed by atoms with E-state index in [-0.39, 0.29) is 0 Å². The summed E-state index contributed by atoms with van der Waals surface area (Å²) in [5.41, 5.74) is -0.236. The molecule has 0 aliphatic carbocycles. The van der Waals surface area contributed by atoms with Crippen molar-refractivity contribution >= 4 is 5.69 Å². The number of nitrogens with zero attached hydrogens (tertiary/aromatic N) is 1. The predicted molar refractivity (Wildman–Crippen MR) is 52.6 cm³/mol. The van der Waals surface area contributed by atoms with E-state index in [1.807, 2.05) is 6.92 Å². The zero-order valence-corrected chi connectivity index (χ0v) is 8.43. The fourth-order valence-electron chi connectivity index (χ4n) is 1.08. The Morgan fingerprint density at radius 3 is 2.53 bits per heavy atom. The normalized spacial score (nSPS) is 11.5. The second-order valence-corrected chi connectivity index (χ2v) is 3.21. The van der Waals surface area contributed by atoms with Gasteiger partial charge in [0.2, 0.25) is 0 Å². The van der Waals surface area contributed by atoms with Gasteiger partial charge in [0.15, 0.2) is 0 Å². The van der Waals surface area contributed by atoms with E-state index >= 15 is 0 Å². The molecule has 0 unspecified atom stereocenters. The SMILES string of the molecule is CCCCNc1ccc(C(F)(F)F)nc1. The lowest BCUT2D eigenvalue weighted by Gasteiger charge is -2.07. The summed E-state index contributed by atoms with van der Waals surface area (Å²) in [5.74, 6) is 0. The first-order valence-electron chi connectivity index (χ1n) is 4.81. The second kappa shape index (κ2) is 5.00. The molecule has 0 spiro atoms. The number of aromatic nitrogens is 1. The number of hydrogen-bond acceptors (Lipinski definition) is 2. The topological polar surface area (TPSA) is 24.9 Å². The van der Waals surface area contributed by atoms with Gasteiger partial charge in [0.25, 0.3) is 0 Å². The summed E-state index contributed by atoms with van der Waals surface area (Å²) in [4.78, 5) is 3.34. The Morgan fingerprint density at radius 2 is 2.07 bits per heavy atom. The van der Waals surface area contributed by atoms with Crippen LogP contribution in [0.5, 0.6) is 0 Å². The molecule has 84 valence electrons. The van der Waals surface area contributed by atoms with Gasteiger partial charge in [-0.05, 0) is 18.6 Å². The number of anilines is 1. The van der Waals surface area contributed by atoms with Crippen molar-refractivity contribution in [1.82, 2.24) is 4.98 Å². The molecule has 0 aliphatic heterocycles. The Bertz CT molecular complexity index is 293. The largest absolute Gasteiger partial charge is 0.433 e. The molecule has 1 aromatic heterocycles. The first-order chi connectivity index (χ1) is 7.04. The van der Waals surface area contributed by atoms with Gasteiger partial charge in [0.1, 0.15) is 5.69 Å². The second-order valence-electron chi connectivity index (χ2n) is 3.21. The number of halogens is 3. The van der Waals surface area contributed by atoms with Crippen molar-refractivity contribution in [2.24, 2.45) is 0 Å². The molecule has 0 aliphatic rings. The van der Waals surface area contributed by atoms with Crippen LogP contribution in [-0.2, 0) is 6.18 Å². The zero-order chi connectivity index (χ0) is 11.3. The fraction of sp³-hybridized carbons (Fsp3) is 0.500. The van der Waals surface area contributed by atoms with Crippen LogP contribution in [0.25, 0.3) is 0 Å². The van der Waals surface area contributed by atoms with Gasteiger partial charge >= 0.3 is 6.18 Å². The molecule has 0 atom stereocenters. The molecule has 0 aromatic carbocycles. The first-order valence-corrected chi connectivity index (χ1v) is 4.81.